The van der Waals surface area contributed by atoms with Crippen molar-refractivity contribution in [3.05, 3.63) is 64.4 Å². The molecule has 2 aromatic carbocycles. The molecule has 21 heavy (non-hydrogen) atoms. The van der Waals surface area contributed by atoms with E-state index in [2.05, 4.69) is 12.2 Å². The van der Waals surface area contributed by atoms with Gasteiger partial charge in [0.05, 0.1) is 7.11 Å². The highest BCUT2D eigenvalue weighted by molar-refractivity contribution is 6.30. The quantitative estimate of drug-likeness (QED) is 0.848. The Balaban J connectivity index is 2.15. The van der Waals surface area contributed by atoms with Crippen LogP contribution in [0.2, 0.25) is 5.02 Å². The van der Waals surface area contributed by atoms with E-state index in [1.54, 1.807) is 13.2 Å². The molecule has 0 heterocycles. The van der Waals surface area contributed by atoms with E-state index < -0.39 is 0 Å². The lowest BCUT2D eigenvalue weighted by molar-refractivity contribution is 0.395. The highest BCUT2D eigenvalue weighted by Gasteiger charge is 2.15. The average Bonchev–Trinajstić information content (AvgIpc) is 2.47. The summed E-state index contributed by atoms with van der Waals surface area (Å²) in [6.07, 6.45) is 0. The number of methoxy groups -OCH3 is 1. The maximum absolute atomic E-state index is 13.5. The van der Waals surface area contributed by atoms with Crippen LogP contribution in [-0.2, 0) is 0 Å². The number of ether oxygens (including phenoxy) is 1. The SMILES string of the molecule is COc1ccc(F)cc1C(C)NC(C)c1ccc(Cl)cc1. The molecule has 1 N–H and O–H groups in total. The molecule has 2 nitrogen and oxygen atoms in total. The van der Waals surface area contributed by atoms with Gasteiger partial charge in [0.25, 0.3) is 0 Å². The summed E-state index contributed by atoms with van der Waals surface area (Å²) in [5.74, 6) is 0.415. The molecular formula is C17H19ClFNO. The van der Waals surface area contributed by atoms with Crippen LogP contribution in [0.1, 0.15) is 37.1 Å². The van der Waals surface area contributed by atoms with Gasteiger partial charge < -0.3 is 10.1 Å². The predicted octanol–water partition coefficient (Wildman–Crippen LogP) is 4.90. The molecule has 0 aromatic heterocycles. The molecule has 0 saturated heterocycles. The second-order valence-electron chi connectivity index (χ2n) is 5.05. The summed E-state index contributed by atoms with van der Waals surface area (Å²) in [6.45, 7) is 4.05. The molecule has 0 bridgehead atoms. The van der Waals surface area contributed by atoms with Crippen molar-refractivity contribution < 1.29 is 9.13 Å². The Labute approximate surface area is 129 Å². The Kier molecular flexibility index (Phi) is 5.21. The van der Waals surface area contributed by atoms with E-state index in [1.165, 1.54) is 12.1 Å². The van der Waals surface area contributed by atoms with Crippen molar-refractivity contribution >= 4 is 11.6 Å². The van der Waals surface area contributed by atoms with Crippen molar-refractivity contribution in [1.82, 2.24) is 5.32 Å². The largest absolute Gasteiger partial charge is 0.496 e. The van der Waals surface area contributed by atoms with Crippen molar-refractivity contribution in [2.75, 3.05) is 7.11 Å². The molecule has 0 aliphatic heterocycles. The van der Waals surface area contributed by atoms with E-state index >= 15 is 0 Å². The fraction of sp³-hybridized carbons (Fsp3) is 0.294. The van der Waals surface area contributed by atoms with Crippen LogP contribution < -0.4 is 10.1 Å². The van der Waals surface area contributed by atoms with Crippen molar-refractivity contribution in [2.45, 2.75) is 25.9 Å². The summed E-state index contributed by atoms with van der Waals surface area (Å²) in [7, 11) is 1.59. The van der Waals surface area contributed by atoms with Crippen molar-refractivity contribution in [3.63, 3.8) is 0 Å². The zero-order chi connectivity index (χ0) is 15.4. The van der Waals surface area contributed by atoms with Gasteiger partial charge in [-0.3, -0.25) is 0 Å². The minimum atomic E-state index is -0.265. The fourth-order valence-corrected chi connectivity index (χ4v) is 2.48. The Morgan fingerprint density at radius 1 is 1.05 bits per heavy atom. The van der Waals surface area contributed by atoms with Gasteiger partial charge in [0.1, 0.15) is 11.6 Å². The van der Waals surface area contributed by atoms with Crippen LogP contribution in [0.25, 0.3) is 0 Å². The lowest BCUT2D eigenvalue weighted by Crippen LogP contribution is -2.23. The van der Waals surface area contributed by atoms with Crippen LogP contribution in [0.5, 0.6) is 5.75 Å². The van der Waals surface area contributed by atoms with Crippen molar-refractivity contribution in [1.29, 1.82) is 0 Å². The molecule has 0 fully saturated rings. The second kappa shape index (κ2) is 6.92. The van der Waals surface area contributed by atoms with Crippen LogP contribution in [0, 0.1) is 5.82 Å². The molecule has 2 aromatic rings. The zero-order valence-corrected chi connectivity index (χ0v) is 13.1. The molecule has 0 amide bonds. The number of benzene rings is 2. The molecule has 0 spiro atoms. The van der Waals surface area contributed by atoms with Crippen LogP contribution in [0.3, 0.4) is 0 Å². The molecule has 2 rings (SSSR count). The van der Waals surface area contributed by atoms with Crippen LogP contribution in [0.15, 0.2) is 42.5 Å². The van der Waals surface area contributed by atoms with Crippen molar-refractivity contribution in [3.8, 4) is 5.75 Å². The number of nitrogens with one attached hydrogen (secondary N) is 1. The molecule has 2 unspecified atom stereocenters. The maximum Gasteiger partial charge on any atom is 0.123 e. The number of hydrogen-bond donors (Lipinski definition) is 1. The summed E-state index contributed by atoms with van der Waals surface area (Å²) < 4.78 is 18.8. The van der Waals surface area contributed by atoms with E-state index in [0.29, 0.717) is 10.8 Å². The Hall–Kier alpha value is -1.58. The smallest absolute Gasteiger partial charge is 0.123 e. The Morgan fingerprint density at radius 2 is 1.71 bits per heavy atom. The van der Waals surface area contributed by atoms with E-state index in [9.17, 15) is 4.39 Å². The summed E-state index contributed by atoms with van der Waals surface area (Å²) >= 11 is 5.90. The van der Waals surface area contributed by atoms with E-state index in [4.69, 9.17) is 16.3 Å². The molecule has 112 valence electrons. The third kappa shape index (κ3) is 3.96. The van der Waals surface area contributed by atoms with Crippen molar-refractivity contribution in [2.24, 2.45) is 0 Å². The molecule has 0 saturated carbocycles. The number of rotatable bonds is 5. The van der Waals surface area contributed by atoms with Gasteiger partial charge in [-0.15, -0.1) is 0 Å². The van der Waals surface area contributed by atoms with E-state index in [1.807, 2.05) is 31.2 Å². The molecule has 4 heteroatoms. The molecule has 2 atom stereocenters. The highest BCUT2D eigenvalue weighted by Crippen LogP contribution is 2.28. The third-order valence-electron chi connectivity index (χ3n) is 3.53. The molecular weight excluding hydrogens is 289 g/mol. The third-order valence-corrected chi connectivity index (χ3v) is 3.78. The van der Waals surface area contributed by atoms with Gasteiger partial charge in [-0.2, -0.15) is 0 Å². The Morgan fingerprint density at radius 3 is 2.33 bits per heavy atom. The molecule has 0 aliphatic carbocycles. The lowest BCUT2D eigenvalue weighted by atomic mass is 10.0. The first-order valence-electron chi connectivity index (χ1n) is 6.86. The normalized spacial score (nSPS) is 13.8. The number of halogens is 2. The molecule has 0 aliphatic rings. The van der Waals surface area contributed by atoms with Gasteiger partial charge >= 0.3 is 0 Å². The first kappa shape index (κ1) is 15.8. The highest BCUT2D eigenvalue weighted by atomic mass is 35.5. The lowest BCUT2D eigenvalue weighted by Gasteiger charge is -2.22. The van der Waals surface area contributed by atoms with Gasteiger partial charge in [-0.25, -0.2) is 4.39 Å². The standard InChI is InChI=1S/C17H19ClFNO/c1-11(13-4-6-14(18)7-5-13)20-12(2)16-10-15(19)8-9-17(16)21-3/h4-12,20H,1-3H3. The monoisotopic (exact) mass is 307 g/mol. The maximum atomic E-state index is 13.5. The zero-order valence-electron chi connectivity index (χ0n) is 12.4. The fourth-order valence-electron chi connectivity index (χ4n) is 2.36. The summed E-state index contributed by atoms with van der Waals surface area (Å²) in [6, 6.07) is 12.3. The van der Waals surface area contributed by atoms with E-state index in [-0.39, 0.29) is 17.9 Å². The minimum absolute atomic E-state index is 0.0404. The number of hydrogen-bond acceptors (Lipinski definition) is 2. The van der Waals surface area contributed by atoms with Gasteiger partial charge in [0.2, 0.25) is 0 Å². The molecule has 0 radical (unpaired) electrons. The average molecular weight is 308 g/mol. The topological polar surface area (TPSA) is 21.3 Å². The van der Waals surface area contributed by atoms with E-state index in [0.717, 1.165) is 11.1 Å². The van der Waals surface area contributed by atoms with Gasteiger partial charge in [0.15, 0.2) is 0 Å². The first-order valence-corrected chi connectivity index (χ1v) is 7.24. The minimum Gasteiger partial charge on any atom is -0.496 e. The van der Waals surface area contributed by atoms with Crippen LogP contribution in [-0.4, -0.2) is 7.11 Å². The summed E-state index contributed by atoms with van der Waals surface area (Å²) in [5.41, 5.74) is 1.93. The van der Waals surface area contributed by atoms with Gasteiger partial charge in [-0.1, -0.05) is 23.7 Å². The second-order valence-corrected chi connectivity index (χ2v) is 5.48. The summed E-state index contributed by atoms with van der Waals surface area (Å²) in [5, 5.41) is 4.16. The van der Waals surface area contributed by atoms with Gasteiger partial charge in [0, 0.05) is 22.7 Å². The first-order chi connectivity index (χ1) is 10.0. The van der Waals surface area contributed by atoms with Crippen LogP contribution in [0.4, 0.5) is 4.39 Å². The predicted molar refractivity (Wildman–Crippen MR) is 84.4 cm³/mol. The Bertz CT molecular complexity index is 600. The summed E-state index contributed by atoms with van der Waals surface area (Å²) in [4.78, 5) is 0. The van der Waals surface area contributed by atoms with Gasteiger partial charge in [-0.05, 0) is 49.7 Å². The van der Waals surface area contributed by atoms with Crippen LogP contribution >= 0.6 is 11.6 Å².